The quantitative estimate of drug-likeness (QED) is 0.761. The number of hydrogen-bond donors (Lipinski definition) is 0. The van der Waals surface area contributed by atoms with Crippen molar-refractivity contribution in [2.75, 3.05) is 26.2 Å². The lowest BCUT2D eigenvalue weighted by atomic mass is 10.2. The first kappa shape index (κ1) is 16.3. The van der Waals surface area contributed by atoms with Crippen LogP contribution in [0, 0.1) is 6.92 Å². The van der Waals surface area contributed by atoms with Crippen molar-refractivity contribution in [2.45, 2.75) is 33.2 Å². The first-order valence-electron chi connectivity index (χ1n) is 8.55. The molecule has 7 nitrogen and oxygen atoms in total. The van der Waals surface area contributed by atoms with Gasteiger partial charge in [-0.1, -0.05) is 0 Å². The summed E-state index contributed by atoms with van der Waals surface area (Å²) in [6, 6.07) is 0. The van der Waals surface area contributed by atoms with Gasteiger partial charge in [-0.25, -0.2) is 4.98 Å². The summed E-state index contributed by atoms with van der Waals surface area (Å²) in [4.78, 5) is 46.5. The summed E-state index contributed by atoms with van der Waals surface area (Å²) in [7, 11) is 0. The minimum atomic E-state index is -0.0618. The normalized spacial score (nSPS) is 17.2. The van der Waals surface area contributed by atoms with Crippen LogP contribution in [0.15, 0.2) is 4.79 Å². The standard InChI is InChI=1S/C17H20N4O3S/c1-10-13-15(18-12-4-3-5-21(12)16(13)23)25-14(10)17(24)20-8-6-19(7-9-20)11(2)22/h3-9H2,1-2H3. The van der Waals surface area contributed by atoms with Crippen LogP contribution in [0.25, 0.3) is 10.2 Å². The minimum absolute atomic E-state index is 0.0216. The van der Waals surface area contributed by atoms with Crippen LogP contribution in [0.4, 0.5) is 0 Å². The highest BCUT2D eigenvalue weighted by atomic mass is 32.1. The summed E-state index contributed by atoms with van der Waals surface area (Å²) >= 11 is 1.32. The van der Waals surface area contributed by atoms with E-state index in [1.807, 2.05) is 6.92 Å². The van der Waals surface area contributed by atoms with Crippen LogP contribution in [-0.4, -0.2) is 57.3 Å². The van der Waals surface area contributed by atoms with E-state index in [1.54, 1.807) is 21.3 Å². The molecule has 1 fully saturated rings. The number of fused-ring (bicyclic) bond motifs is 2. The van der Waals surface area contributed by atoms with Crippen LogP contribution in [0.3, 0.4) is 0 Å². The maximum Gasteiger partial charge on any atom is 0.264 e. The van der Waals surface area contributed by atoms with Crippen molar-refractivity contribution in [1.29, 1.82) is 0 Å². The number of hydrogen-bond acceptors (Lipinski definition) is 5. The zero-order valence-corrected chi connectivity index (χ0v) is 15.2. The summed E-state index contributed by atoms with van der Waals surface area (Å²) in [5.41, 5.74) is 0.713. The molecule has 4 rings (SSSR count). The van der Waals surface area contributed by atoms with Crippen molar-refractivity contribution in [2.24, 2.45) is 0 Å². The molecule has 132 valence electrons. The molecule has 25 heavy (non-hydrogen) atoms. The zero-order chi connectivity index (χ0) is 17.7. The van der Waals surface area contributed by atoms with Gasteiger partial charge in [0.05, 0.1) is 10.3 Å². The molecular formula is C17H20N4O3S. The molecule has 8 heteroatoms. The fourth-order valence-corrected chi connectivity index (χ4v) is 4.81. The Bertz CT molecular complexity index is 937. The van der Waals surface area contributed by atoms with Crippen molar-refractivity contribution < 1.29 is 9.59 Å². The van der Waals surface area contributed by atoms with Gasteiger partial charge in [0.2, 0.25) is 5.91 Å². The van der Waals surface area contributed by atoms with Crippen molar-refractivity contribution in [3.63, 3.8) is 0 Å². The molecule has 0 N–H and O–H groups in total. The molecule has 2 amide bonds. The van der Waals surface area contributed by atoms with Gasteiger partial charge >= 0.3 is 0 Å². The van der Waals surface area contributed by atoms with Gasteiger partial charge in [0, 0.05) is 46.1 Å². The Balaban J connectivity index is 1.67. The Hall–Kier alpha value is -2.22. The van der Waals surface area contributed by atoms with E-state index in [1.165, 1.54) is 11.3 Å². The topological polar surface area (TPSA) is 75.5 Å². The third kappa shape index (κ3) is 2.55. The monoisotopic (exact) mass is 360 g/mol. The van der Waals surface area contributed by atoms with Gasteiger partial charge < -0.3 is 9.80 Å². The molecule has 2 aromatic rings. The molecule has 0 radical (unpaired) electrons. The van der Waals surface area contributed by atoms with Crippen LogP contribution in [-0.2, 0) is 17.8 Å². The first-order valence-corrected chi connectivity index (χ1v) is 9.36. The highest BCUT2D eigenvalue weighted by Crippen LogP contribution is 2.29. The second kappa shape index (κ2) is 5.94. The third-order valence-corrected chi connectivity index (χ3v) is 6.29. The van der Waals surface area contributed by atoms with Crippen LogP contribution < -0.4 is 5.56 Å². The van der Waals surface area contributed by atoms with Gasteiger partial charge in [0.1, 0.15) is 10.7 Å². The van der Waals surface area contributed by atoms with Crippen LogP contribution in [0.5, 0.6) is 0 Å². The maximum atomic E-state index is 12.9. The molecular weight excluding hydrogens is 340 g/mol. The molecule has 0 aromatic carbocycles. The SMILES string of the molecule is CC(=O)N1CCN(C(=O)c2sc3nc4n(c(=O)c3c2C)CCC4)CC1. The second-order valence-corrected chi connectivity index (χ2v) is 7.62. The fraction of sp³-hybridized carbons (Fsp3) is 0.529. The van der Waals surface area contributed by atoms with E-state index in [9.17, 15) is 14.4 Å². The van der Waals surface area contributed by atoms with E-state index in [-0.39, 0.29) is 17.4 Å². The summed E-state index contributed by atoms with van der Waals surface area (Å²) in [5.74, 6) is 0.804. The van der Waals surface area contributed by atoms with Gasteiger partial charge in [-0.05, 0) is 18.9 Å². The molecule has 1 saturated heterocycles. The summed E-state index contributed by atoms with van der Waals surface area (Å²) < 4.78 is 1.74. The van der Waals surface area contributed by atoms with Crippen molar-refractivity contribution in [3.05, 3.63) is 26.6 Å². The van der Waals surface area contributed by atoms with E-state index < -0.39 is 0 Å². The van der Waals surface area contributed by atoms with Gasteiger partial charge in [0.15, 0.2) is 0 Å². The summed E-state index contributed by atoms with van der Waals surface area (Å²) in [5, 5.41) is 0.585. The molecule has 0 bridgehead atoms. The number of nitrogens with zero attached hydrogens (tertiary/aromatic N) is 4. The summed E-state index contributed by atoms with van der Waals surface area (Å²) in [6.07, 6.45) is 1.77. The maximum absolute atomic E-state index is 12.9. The number of carbonyl (C=O) groups excluding carboxylic acids is 2. The van der Waals surface area contributed by atoms with Crippen molar-refractivity contribution >= 4 is 33.4 Å². The second-order valence-electron chi connectivity index (χ2n) is 6.62. The Morgan fingerprint density at radius 2 is 1.76 bits per heavy atom. The molecule has 4 heterocycles. The minimum Gasteiger partial charge on any atom is -0.339 e. The predicted molar refractivity (Wildman–Crippen MR) is 95.1 cm³/mol. The third-order valence-electron chi connectivity index (χ3n) is 5.12. The van der Waals surface area contributed by atoms with E-state index in [4.69, 9.17) is 0 Å². The average Bonchev–Trinajstić information content (AvgIpc) is 3.19. The predicted octanol–water partition coefficient (Wildman–Crippen LogP) is 1.02. The number of aryl methyl sites for hydroxylation is 2. The fourth-order valence-electron chi connectivity index (χ4n) is 3.65. The Morgan fingerprint density at radius 1 is 1.08 bits per heavy atom. The number of aromatic nitrogens is 2. The average molecular weight is 360 g/mol. The Labute approximate surface area is 148 Å². The number of rotatable bonds is 1. The van der Waals surface area contributed by atoms with E-state index >= 15 is 0 Å². The number of piperazine rings is 1. The van der Waals surface area contributed by atoms with Crippen LogP contribution in [0.2, 0.25) is 0 Å². The van der Waals surface area contributed by atoms with Gasteiger partial charge in [-0.3, -0.25) is 19.0 Å². The highest BCUT2D eigenvalue weighted by Gasteiger charge is 2.28. The van der Waals surface area contributed by atoms with E-state index in [0.717, 1.165) is 24.2 Å². The Kier molecular flexibility index (Phi) is 3.87. The van der Waals surface area contributed by atoms with E-state index in [0.29, 0.717) is 47.8 Å². The van der Waals surface area contributed by atoms with Crippen LogP contribution in [0.1, 0.15) is 34.4 Å². The van der Waals surface area contributed by atoms with Gasteiger partial charge in [0.25, 0.3) is 11.5 Å². The van der Waals surface area contributed by atoms with E-state index in [2.05, 4.69) is 4.98 Å². The first-order chi connectivity index (χ1) is 12.0. The molecule has 0 unspecified atom stereocenters. The smallest absolute Gasteiger partial charge is 0.264 e. The van der Waals surface area contributed by atoms with Crippen LogP contribution >= 0.6 is 11.3 Å². The van der Waals surface area contributed by atoms with Gasteiger partial charge in [-0.15, -0.1) is 11.3 Å². The lowest BCUT2D eigenvalue weighted by Crippen LogP contribution is -2.50. The van der Waals surface area contributed by atoms with Crippen molar-refractivity contribution in [1.82, 2.24) is 19.4 Å². The molecule has 2 aliphatic heterocycles. The number of thiophene rings is 1. The van der Waals surface area contributed by atoms with Crippen molar-refractivity contribution in [3.8, 4) is 0 Å². The zero-order valence-electron chi connectivity index (χ0n) is 14.4. The van der Waals surface area contributed by atoms with Gasteiger partial charge in [-0.2, -0.15) is 0 Å². The molecule has 2 aromatic heterocycles. The number of carbonyl (C=O) groups is 2. The molecule has 2 aliphatic rings. The highest BCUT2D eigenvalue weighted by molar-refractivity contribution is 7.20. The molecule has 0 atom stereocenters. The number of amides is 2. The lowest BCUT2D eigenvalue weighted by molar-refractivity contribution is -0.130. The summed E-state index contributed by atoms with van der Waals surface area (Å²) in [6.45, 7) is 6.25. The Morgan fingerprint density at radius 3 is 2.44 bits per heavy atom. The molecule has 0 spiro atoms. The molecule has 0 aliphatic carbocycles. The molecule has 0 saturated carbocycles. The largest absolute Gasteiger partial charge is 0.339 e. The lowest BCUT2D eigenvalue weighted by Gasteiger charge is -2.34.